The second kappa shape index (κ2) is 11.9. The van der Waals surface area contributed by atoms with Gasteiger partial charge < -0.3 is 19.9 Å². The van der Waals surface area contributed by atoms with E-state index in [4.69, 9.17) is 9.47 Å². The molecule has 0 saturated heterocycles. The fourth-order valence-corrected chi connectivity index (χ4v) is 3.02. The van der Waals surface area contributed by atoms with Gasteiger partial charge in [-0.25, -0.2) is 4.79 Å². The van der Waals surface area contributed by atoms with Crippen LogP contribution in [0.4, 0.5) is 0 Å². The summed E-state index contributed by atoms with van der Waals surface area (Å²) in [5.74, 6) is -0.648. The average Bonchev–Trinajstić information content (AvgIpc) is 2.70. The molecule has 1 aromatic carbocycles. The summed E-state index contributed by atoms with van der Waals surface area (Å²) in [6.45, 7) is 5.90. The third kappa shape index (κ3) is 7.92. The van der Waals surface area contributed by atoms with E-state index in [0.717, 1.165) is 0 Å². The van der Waals surface area contributed by atoms with Crippen LogP contribution in [-0.4, -0.2) is 42.0 Å². The number of phenolic OH excluding ortho intramolecular Hbond substituents is 1. The highest BCUT2D eigenvalue weighted by atomic mass is 16.5. The van der Waals surface area contributed by atoms with Crippen molar-refractivity contribution in [3.63, 3.8) is 0 Å². The maximum absolute atomic E-state index is 12.8. The van der Waals surface area contributed by atoms with Crippen LogP contribution in [-0.2, 0) is 14.3 Å². The summed E-state index contributed by atoms with van der Waals surface area (Å²) in [7, 11) is 0. The van der Waals surface area contributed by atoms with Gasteiger partial charge in [0.05, 0.1) is 6.61 Å². The molecule has 7 heteroatoms. The highest BCUT2D eigenvalue weighted by molar-refractivity contribution is 5.97. The number of phenols is 1. The Hall–Kier alpha value is -3.09. The molecule has 1 aliphatic rings. The smallest absolute Gasteiger partial charge is 0.342 e. The van der Waals surface area contributed by atoms with Crippen LogP contribution >= 0.6 is 0 Å². The highest BCUT2D eigenvalue weighted by Gasteiger charge is 2.23. The van der Waals surface area contributed by atoms with Crippen LogP contribution in [0, 0.1) is 5.92 Å². The van der Waals surface area contributed by atoms with Gasteiger partial charge in [0, 0.05) is 31.9 Å². The molecule has 0 fully saturated rings. The van der Waals surface area contributed by atoms with E-state index >= 15 is 0 Å². The zero-order valence-corrected chi connectivity index (χ0v) is 18.3. The molecule has 31 heavy (non-hydrogen) atoms. The van der Waals surface area contributed by atoms with Crippen molar-refractivity contribution >= 4 is 23.7 Å². The molecule has 0 aliphatic carbocycles. The molecule has 0 bridgehead atoms. The van der Waals surface area contributed by atoms with E-state index in [0.29, 0.717) is 50.1 Å². The van der Waals surface area contributed by atoms with Crippen molar-refractivity contribution in [1.82, 2.24) is 5.32 Å². The number of fused-ring (bicyclic) bond motifs is 1. The van der Waals surface area contributed by atoms with Crippen LogP contribution in [0.5, 0.6) is 11.5 Å². The first-order chi connectivity index (χ1) is 14.8. The zero-order valence-electron chi connectivity index (χ0n) is 18.3. The standard InChI is InChI=1S/C24H31NO6/c1-16-10-11-20(27)9-6-4-5-8-19-14-21(30-13-7-12-25-18(3)26)15-22(28)23(19)24(29)31-17(16)2/h5,8,10-11,14-17,28H,4,6-7,9,12-13H2,1-3H3,(H,25,26)/b8-5+,11-10-/t16-,17+/m1/s1. The first kappa shape index (κ1) is 24.2. The number of cyclic esters (lactones) is 1. The van der Waals surface area contributed by atoms with Crippen molar-refractivity contribution in [1.29, 1.82) is 0 Å². The van der Waals surface area contributed by atoms with Gasteiger partial charge >= 0.3 is 5.97 Å². The molecule has 0 saturated carbocycles. The second-order valence-corrected chi connectivity index (χ2v) is 7.68. The summed E-state index contributed by atoms with van der Waals surface area (Å²) in [6.07, 6.45) is 8.81. The Bertz CT molecular complexity index is 858. The predicted molar refractivity (Wildman–Crippen MR) is 118 cm³/mol. The number of allylic oxidation sites excluding steroid dienone is 2. The Morgan fingerprint density at radius 1 is 1.26 bits per heavy atom. The van der Waals surface area contributed by atoms with Crippen molar-refractivity contribution in [2.24, 2.45) is 5.92 Å². The quantitative estimate of drug-likeness (QED) is 0.545. The lowest BCUT2D eigenvalue weighted by Gasteiger charge is -2.19. The first-order valence-corrected chi connectivity index (χ1v) is 10.6. The van der Waals surface area contributed by atoms with Crippen molar-refractivity contribution in [3.05, 3.63) is 41.5 Å². The number of benzene rings is 1. The van der Waals surface area contributed by atoms with Gasteiger partial charge in [0.15, 0.2) is 5.78 Å². The minimum atomic E-state index is -0.634. The van der Waals surface area contributed by atoms with Crippen LogP contribution in [0.25, 0.3) is 6.08 Å². The third-order valence-corrected chi connectivity index (χ3v) is 5.00. The number of hydrogen-bond donors (Lipinski definition) is 2. The molecule has 2 atom stereocenters. The number of hydrogen-bond acceptors (Lipinski definition) is 6. The molecule has 168 valence electrons. The maximum atomic E-state index is 12.8. The molecule has 7 nitrogen and oxygen atoms in total. The number of aromatic hydroxyl groups is 1. The third-order valence-electron chi connectivity index (χ3n) is 5.00. The van der Waals surface area contributed by atoms with E-state index in [1.165, 1.54) is 13.0 Å². The van der Waals surface area contributed by atoms with Gasteiger partial charge in [0.1, 0.15) is 23.2 Å². The van der Waals surface area contributed by atoms with E-state index in [-0.39, 0.29) is 28.9 Å². The summed E-state index contributed by atoms with van der Waals surface area (Å²) in [4.78, 5) is 35.7. The van der Waals surface area contributed by atoms with Crippen LogP contribution in [0.1, 0.15) is 62.4 Å². The SMILES string of the molecule is CC(=O)NCCCOc1cc(O)c2c(c1)/C=C/CCCC(=O)/C=C\[C@@H](C)[C@H](C)OC2=O. The summed E-state index contributed by atoms with van der Waals surface area (Å²) in [6, 6.07) is 3.07. The maximum Gasteiger partial charge on any atom is 0.342 e. The van der Waals surface area contributed by atoms with Crippen molar-refractivity contribution < 1.29 is 29.0 Å². The normalized spacial score (nSPS) is 21.9. The first-order valence-electron chi connectivity index (χ1n) is 10.6. The second-order valence-electron chi connectivity index (χ2n) is 7.68. The Balaban J connectivity index is 2.24. The number of amides is 1. The molecule has 1 heterocycles. The number of esters is 1. The molecule has 0 unspecified atom stereocenters. The molecule has 2 N–H and O–H groups in total. The lowest BCUT2D eigenvalue weighted by atomic mass is 10.0. The molecule has 0 aromatic heterocycles. The average molecular weight is 430 g/mol. The van der Waals surface area contributed by atoms with Crippen molar-refractivity contribution in [2.45, 2.75) is 52.6 Å². The molecule has 2 rings (SSSR count). The minimum absolute atomic E-state index is 0.0452. The van der Waals surface area contributed by atoms with Crippen LogP contribution in [0.2, 0.25) is 0 Å². The van der Waals surface area contributed by atoms with Gasteiger partial charge in [-0.15, -0.1) is 0 Å². The van der Waals surface area contributed by atoms with Gasteiger partial charge in [-0.05, 0) is 43.9 Å². The fraction of sp³-hybridized carbons (Fsp3) is 0.458. The lowest BCUT2D eigenvalue weighted by molar-refractivity contribution is -0.119. The Labute approximate surface area is 183 Å². The summed E-state index contributed by atoms with van der Waals surface area (Å²) >= 11 is 0. The summed E-state index contributed by atoms with van der Waals surface area (Å²) < 4.78 is 11.2. The van der Waals surface area contributed by atoms with E-state index in [9.17, 15) is 19.5 Å². The number of carbonyl (C=O) groups excluding carboxylic acids is 3. The predicted octanol–water partition coefficient (Wildman–Crippen LogP) is 3.80. The topological polar surface area (TPSA) is 102 Å². The van der Waals surface area contributed by atoms with Gasteiger partial charge in [0.2, 0.25) is 5.91 Å². The molecule has 1 aliphatic heterocycles. The summed E-state index contributed by atoms with van der Waals surface area (Å²) in [5, 5.41) is 13.2. The number of carbonyl (C=O) groups is 3. The van der Waals surface area contributed by atoms with E-state index in [2.05, 4.69) is 5.32 Å². The van der Waals surface area contributed by atoms with Crippen molar-refractivity contribution in [2.75, 3.05) is 13.2 Å². The number of ketones is 1. The van der Waals surface area contributed by atoms with Gasteiger partial charge in [0.25, 0.3) is 0 Å². The van der Waals surface area contributed by atoms with Crippen LogP contribution in [0.15, 0.2) is 30.4 Å². The lowest BCUT2D eigenvalue weighted by Crippen LogP contribution is -2.22. The van der Waals surface area contributed by atoms with Crippen LogP contribution < -0.4 is 10.1 Å². The summed E-state index contributed by atoms with van der Waals surface area (Å²) in [5.41, 5.74) is 0.568. The molecular weight excluding hydrogens is 398 g/mol. The van der Waals surface area contributed by atoms with E-state index < -0.39 is 12.1 Å². The van der Waals surface area contributed by atoms with E-state index in [1.54, 1.807) is 31.2 Å². The number of nitrogens with one attached hydrogen (secondary N) is 1. The van der Waals surface area contributed by atoms with Gasteiger partial charge in [-0.1, -0.05) is 25.2 Å². The molecule has 1 aromatic rings. The molecule has 0 spiro atoms. The van der Waals surface area contributed by atoms with Crippen LogP contribution in [0.3, 0.4) is 0 Å². The highest BCUT2D eigenvalue weighted by Crippen LogP contribution is 2.31. The van der Waals surface area contributed by atoms with Crippen molar-refractivity contribution in [3.8, 4) is 11.5 Å². The molecule has 0 radical (unpaired) electrons. The number of ether oxygens (including phenoxy) is 2. The number of rotatable bonds is 5. The Morgan fingerprint density at radius 3 is 2.77 bits per heavy atom. The Morgan fingerprint density at radius 2 is 2.03 bits per heavy atom. The largest absolute Gasteiger partial charge is 0.507 e. The Kier molecular flexibility index (Phi) is 9.31. The van der Waals surface area contributed by atoms with Gasteiger partial charge in [-0.3, -0.25) is 9.59 Å². The monoisotopic (exact) mass is 429 g/mol. The fourth-order valence-electron chi connectivity index (χ4n) is 3.02. The minimum Gasteiger partial charge on any atom is -0.507 e. The zero-order chi connectivity index (χ0) is 22.8. The molecule has 1 amide bonds. The molecular formula is C24H31NO6. The van der Waals surface area contributed by atoms with Gasteiger partial charge in [-0.2, -0.15) is 0 Å². The van der Waals surface area contributed by atoms with E-state index in [1.807, 2.05) is 13.0 Å².